The molecular weight excluding hydrogens is 382 g/mol. The van der Waals surface area contributed by atoms with E-state index in [4.69, 9.17) is 16.3 Å². The van der Waals surface area contributed by atoms with Crippen molar-refractivity contribution in [3.05, 3.63) is 64.7 Å². The number of nitrogens with zero attached hydrogens (tertiary/aromatic N) is 3. The van der Waals surface area contributed by atoms with Crippen molar-refractivity contribution in [1.82, 2.24) is 14.6 Å². The number of halogens is 1. The molecule has 0 fully saturated rings. The van der Waals surface area contributed by atoms with Crippen molar-refractivity contribution in [3.63, 3.8) is 0 Å². The van der Waals surface area contributed by atoms with Crippen molar-refractivity contribution in [3.8, 4) is 5.75 Å². The molecule has 0 saturated carbocycles. The van der Waals surface area contributed by atoms with E-state index in [2.05, 4.69) is 16.3 Å². The third-order valence-electron chi connectivity index (χ3n) is 4.34. The van der Waals surface area contributed by atoms with Crippen LogP contribution >= 0.6 is 23.4 Å². The Morgan fingerprint density at radius 1 is 1.15 bits per heavy atom. The van der Waals surface area contributed by atoms with Crippen LogP contribution in [0, 0.1) is 6.92 Å². The molecule has 0 atom stereocenters. The number of ether oxygens (including phenoxy) is 1. The number of carbonyl (C=O) groups excluding carboxylic acids is 1. The van der Waals surface area contributed by atoms with E-state index in [-0.39, 0.29) is 11.5 Å². The van der Waals surface area contributed by atoms with Gasteiger partial charge in [0.25, 0.3) is 0 Å². The van der Waals surface area contributed by atoms with Crippen LogP contribution in [0.5, 0.6) is 5.75 Å². The molecule has 27 heavy (non-hydrogen) atoms. The van der Waals surface area contributed by atoms with Gasteiger partial charge in [0.05, 0.1) is 18.4 Å². The van der Waals surface area contributed by atoms with Crippen LogP contribution in [-0.2, 0) is 0 Å². The van der Waals surface area contributed by atoms with E-state index in [1.807, 2.05) is 29.5 Å². The Morgan fingerprint density at radius 3 is 2.67 bits per heavy atom. The minimum atomic E-state index is 0.0166. The summed E-state index contributed by atoms with van der Waals surface area (Å²) in [6.45, 7) is 2.00. The van der Waals surface area contributed by atoms with Crippen LogP contribution in [0.25, 0.3) is 16.6 Å². The summed E-state index contributed by atoms with van der Waals surface area (Å²) >= 11 is 7.25. The van der Waals surface area contributed by atoms with Crippen LogP contribution in [0.15, 0.2) is 53.7 Å². The van der Waals surface area contributed by atoms with Gasteiger partial charge in [0.15, 0.2) is 16.6 Å². The van der Waals surface area contributed by atoms with E-state index in [1.54, 1.807) is 31.4 Å². The fourth-order valence-electron chi connectivity index (χ4n) is 2.95. The van der Waals surface area contributed by atoms with Gasteiger partial charge < -0.3 is 4.74 Å². The van der Waals surface area contributed by atoms with Gasteiger partial charge in [0, 0.05) is 16.7 Å². The number of hydrogen-bond acceptors (Lipinski definition) is 5. The quantitative estimate of drug-likeness (QED) is 0.356. The molecule has 4 aromatic rings. The second kappa shape index (κ2) is 7.21. The lowest BCUT2D eigenvalue weighted by molar-refractivity contribution is 0.102. The normalized spacial score (nSPS) is 11.2. The number of fused-ring (bicyclic) bond motifs is 3. The molecule has 5 nitrogen and oxygen atoms in total. The zero-order valence-electron chi connectivity index (χ0n) is 14.8. The predicted molar refractivity (Wildman–Crippen MR) is 108 cm³/mol. The summed E-state index contributed by atoms with van der Waals surface area (Å²) in [5.74, 6) is 1.04. The second-order valence-electron chi connectivity index (χ2n) is 6.11. The average molecular weight is 398 g/mol. The highest BCUT2D eigenvalue weighted by Crippen LogP contribution is 2.28. The second-order valence-corrected chi connectivity index (χ2v) is 7.49. The number of benzene rings is 2. The Labute approximate surface area is 165 Å². The maximum atomic E-state index is 12.5. The number of pyridine rings is 1. The van der Waals surface area contributed by atoms with Crippen molar-refractivity contribution in [2.75, 3.05) is 12.9 Å². The van der Waals surface area contributed by atoms with Crippen molar-refractivity contribution in [2.45, 2.75) is 12.1 Å². The highest BCUT2D eigenvalue weighted by Gasteiger charge is 2.15. The van der Waals surface area contributed by atoms with Crippen molar-refractivity contribution in [2.24, 2.45) is 0 Å². The standard InChI is InChI=1S/C20H16ClN3O2S/c1-12-9-14-5-8-16(26-2)10-17(14)24-19(12)22-23-20(24)27-11-18(25)13-3-6-15(21)7-4-13/h3-10H,11H2,1-2H3. The lowest BCUT2D eigenvalue weighted by Crippen LogP contribution is -2.03. The molecule has 0 spiro atoms. The van der Waals surface area contributed by atoms with E-state index in [9.17, 15) is 4.79 Å². The van der Waals surface area contributed by atoms with E-state index in [0.717, 1.165) is 27.9 Å². The molecule has 2 aromatic carbocycles. The Bertz CT molecular complexity index is 1160. The van der Waals surface area contributed by atoms with Crippen LogP contribution in [0.1, 0.15) is 15.9 Å². The van der Waals surface area contributed by atoms with Gasteiger partial charge in [-0.1, -0.05) is 23.4 Å². The predicted octanol–water partition coefficient (Wildman–Crippen LogP) is 4.83. The number of rotatable bonds is 5. The first-order valence-corrected chi connectivity index (χ1v) is 9.67. The lowest BCUT2D eigenvalue weighted by atomic mass is 10.1. The number of methoxy groups -OCH3 is 1. The van der Waals surface area contributed by atoms with Gasteiger partial charge >= 0.3 is 0 Å². The molecule has 0 aliphatic carbocycles. The molecule has 7 heteroatoms. The molecule has 2 aromatic heterocycles. The van der Waals surface area contributed by atoms with Gasteiger partial charge in [-0.2, -0.15) is 0 Å². The van der Waals surface area contributed by atoms with Crippen molar-refractivity contribution < 1.29 is 9.53 Å². The fourth-order valence-corrected chi connectivity index (χ4v) is 3.91. The first-order valence-electron chi connectivity index (χ1n) is 8.31. The van der Waals surface area contributed by atoms with Crippen LogP contribution in [-0.4, -0.2) is 33.2 Å². The SMILES string of the molecule is COc1ccc2cc(C)c3nnc(SCC(=O)c4ccc(Cl)cc4)n3c2c1. The monoisotopic (exact) mass is 397 g/mol. The third kappa shape index (κ3) is 3.38. The fraction of sp³-hybridized carbons (Fsp3) is 0.150. The first-order chi connectivity index (χ1) is 13.1. The van der Waals surface area contributed by atoms with Crippen molar-refractivity contribution >= 4 is 45.7 Å². The third-order valence-corrected chi connectivity index (χ3v) is 5.52. The molecule has 0 unspecified atom stereocenters. The van der Waals surface area contributed by atoms with Gasteiger partial charge in [-0.15, -0.1) is 10.2 Å². The number of aromatic nitrogens is 3. The van der Waals surface area contributed by atoms with Gasteiger partial charge in [0.2, 0.25) is 0 Å². The Balaban J connectivity index is 1.71. The van der Waals surface area contributed by atoms with Crippen LogP contribution < -0.4 is 4.74 Å². The molecule has 0 aliphatic rings. The zero-order chi connectivity index (χ0) is 19.0. The van der Waals surface area contributed by atoms with Crippen molar-refractivity contribution in [1.29, 1.82) is 0 Å². The number of Topliss-reactive ketones (excluding diaryl/α,β-unsaturated/α-hetero) is 1. The smallest absolute Gasteiger partial charge is 0.196 e. The van der Waals surface area contributed by atoms with Gasteiger partial charge in [-0.05, 0) is 60.3 Å². The average Bonchev–Trinajstić information content (AvgIpc) is 3.11. The number of ketones is 1. The Hall–Kier alpha value is -2.57. The van der Waals surface area contributed by atoms with E-state index < -0.39 is 0 Å². The summed E-state index contributed by atoms with van der Waals surface area (Å²) in [4.78, 5) is 12.5. The topological polar surface area (TPSA) is 56.5 Å². The number of thioether (sulfide) groups is 1. The minimum absolute atomic E-state index is 0.0166. The van der Waals surface area contributed by atoms with E-state index >= 15 is 0 Å². The van der Waals surface area contributed by atoms with Crippen LogP contribution in [0.4, 0.5) is 0 Å². The number of aryl methyl sites for hydroxylation is 1. The number of carbonyl (C=O) groups is 1. The molecule has 0 N–H and O–H groups in total. The van der Waals surface area contributed by atoms with Gasteiger partial charge in [-0.25, -0.2) is 0 Å². The molecule has 0 bridgehead atoms. The molecule has 0 aliphatic heterocycles. The summed E-state index contributed by atoms with van der Waals surface area (Å²) < 4.78 is 7.34. The zero-order valence-corrected chi connectivity index (χ0v) is 16.3. The highest BCUT2D eigenvalue weighted by atomic mass is 35.5. The molecular formula is C20H16ClN3O2S. The minimum Gasteiger partial charge on any atom is -0.497 e. The summed E-state index contributed by atoms with van der Waals surface area (Å²) in [6.07, 6.45) is 0. The molecule has 0 amide bonds. The highest BCUT2D eigenvalue weighted by molar-refractivity contribution is 7.99. The molecule has 4 rings (SSSR count). The maximum absolute atomic E-state index is 12.5. The number of hydrogen-bond donors (Lipinski definition) is 0. The molecule has 136 valence electrons. The van der Waals surface area contributed by atoms with Gasteiger partial charge in [0.1, 0.15) is 5.75 Å². The molecule has 0 radical (unpaired) electrons. The van der Waals surface area contributed by atoms with E-state index in [0.29, 0.717) is 15.7 Å². The molecule has 2 heterocycles. The lowest BCUT2D eigenvalue weighted by Gasteiger charge is -2.08. The summed E-state index contributed by atoms with van der Waals surface area (Å²) in [5.41, 5.74) is 3.37. The van der Waals surface area contributed by atoms with E-state index in [1.165, 1.54) is 11.8 Å². The largest absolute Gasteiger partial charge is 0.497 e. The summed E-state index contributed by atoms with van der Waals surface area (Å²) in [5, 5.41) is 11.0. The Kier molecular flexibility index (Phi) is 4.76. The summed E-state index contributed by atoms with van der Waals surface area (Å²) in [6, 6.07) is 14.9. The van der Waals surface area contributed by atoms with Crippen LogP contribution in [0.3, 0.4) is 0 Å². The molecule has 0 saturated heterocycles. The van der Waals surface area contributed by atoms with Gasteiger partial charge in [-0.3, -0.25) is 9.20 Å². The summed E-state index contributed by atoms with van der Waals surface area (Å²) in [7, 11) is 1.64. The Morgan fingerprint density at radius 2 is 1.93 bits per heavy atom. The maximum Gasteiger partial charge on any atom is 0.196 e. The first kappa shape index (κ1) is 17.8. The van der Waals surface area contributed by atoms with Crippen LogP contribution in [0.2, 0.25) is 5.02 Å².